The molecule has 2 unspecified atom stereocenters. The number of quaternary nitrogens is 1. The molecule has 1 heterocycles. The van der Waals surface area contributed by atoms with Gasteiger partial charge in [-0.05, 0) is 92.9 Å². The maximum Gasteiger partial charge on any atom is 0.375 e. The number of fused-ring (bicyclic) bond motifs is 5. The fraction of sp³-hybridized carbons (Fsp3) is 0.514. The van der Waals surface area contributed by atoms with Crippen molar-refractivity contribution in [2.45, 2.75) is 71.0 Å². The third kappa shape index (κ3) is 5.14. The lowest BCUT2D eigenvalue weighted by Crippen LogP contribution is -2.76. The average Bonchev–Trinajstić information content (AvgIpc) is 3.57. The number of aryl methyl sites for hydroxylation is 1. The number of nitrogens with two attached hydrogens (primary N) is 1. The minimum absolute atomic E-state index is 0.0213. The molecule has 5 N–H and O–H groups in total. The third-order valence-corrected chi connectivity index (χ3v) is 12.4. The Balaban J connectivity index is 1.33. The zero-order valence-electron chi connectivity index (χ0n) is 26.0. The van der Waals surface area contributed by atoms with Crippen LogP contribution in [0.4, 0.5) is 10.1 Å². The molecule has 7 atom stereocenters. The second kappa shape index (κ2) is 12.0. The number of ether oxygens (including phenoxy) is 1. The Morgan fingerprint density at radius 1 is 1.22 bits per heavy atom. The number of hydrogen-bond donors (Lipinski definition) is 4. The van der Waals surface area contributed by atoms with E-state index in [1.54, 1.807) is 25.1 Å². The van der Waals surface area contributed by atoms with Gasteiger partial charge < -0.3 is 24.8 Å². The second-order valence-electron chi connectivity index (χ2n) is 13.7. The zero-order chi connectivity index (χ0) is 32.1. The van der Waals surface area contributed by atoms with Crippen LogP contribution in [-0.4, -0.2) is 51.6 Å². The highest BCUT2D eigenvalue weighted by Gasteiger charge is 2.71. The van der Waals surface area contributed by atoms with Gasteiger partial charge in [-0.25, -0.2) is 9.18 Å². The van der Waals surface area contributed by atoms with Gasteiger partial charge in [0.05, 0.1) is 19.0 Å². The Kier molecular flexibility index (Phi) is 8.48. The molecule has 8 nitrogen and oxygen atoms in total. The van der Waals surface area contributed by atoms with Crippen LogP contribution in [0.2, 0.25) is 0 Å². The largest absolute Gasteiger partial charge is 0.457 e. The van der Waals surface area contributed by atoms with Crippen molar-refractivity contribution < 1.29 is 38.7 Å². The van der Waals surface area contributed by atoms with Gasteiger partial charge in [0.2, 0.25) is 10.9 Å². The van der Waals surface area contributed by atoms with Crippen molar-refractivity contribution in [2.75, 3.05) is 12.4 Å². The maximum atomic E-state index is 14.0. The summed E-state index contributed by atoms with van der Waals surface area (Å²) in [6.07, 6.45) is 7.75. The molecule has 3 fully saturated rings. The van der Waals surface area contributed by atoms with E-state index in [1.165, 1.54) is 30.2 Å². The van der Waals surface area contributed by atoms with E-state index in [0.717, 1.165) is 41.6 Å². The van der Waals surface area contributed by atoms with Crippen LogP contribution in [0.15, 0.2) is 63.9 Å². The van der Waals surface area contributed by atoms with E-state index in [9.17, 15) is 24.2 Å². The summed E-state index contributed by atoms with van der Waals surface area (Å²) in [5.74, 6) is -0.725. The van der Waals surface area contributed by atoms with Crippen LogP contribution in [0.25, 0.3) is 0 Å². The first-order valence-electron chi connectivity index (χ1n) is 15.8. The zero-order valence-corrected chi connectivity index (χ0v) is 26.8. The standard InChI is InChI=1S/C35H41FN2O6S/c1-20-11-14-43-30(20)31(41)44-35(32(42)45-15-13-39)12-10-26-25-9-4-22-16-27(38-24-7-5-23(36)6-8-24)21(19-37)17-33(22,2)29(25)28(40)18-34(26,35)3/h5-8,11,14,16,19,25-26,28-29,37-40H,4,9-10,12-13,15,17-18H2,1-3H3/p+1/t25-,26?,28-,29?,33-,34-,35-/m0/s1. The van der Waals surface area contributed by atoms with Crippen LogP contribution in [0, 0.1) is 46.7 Å². The van der Waals surface area contributed by atoms with Crippen LogP contribution in [0.3, 0.4) is 0 Å². The molecule has 4 aliphatic rings. The van der Waals surface area contributed by atoms with Gasteiger partial charge in [-0.3, -0.25) is 10.1 Å². The van der Waals surface area contributed by atoms with Crippen molar-refractivity contribution in [3.63, 3.8) is 0 Å². The summed E-state index contributed by atoms with van der Waals surface area (Å²) >= 11 is 0.980. The Labute approximate surface area is 267 Å². The monoisotopic (exact) mass is 637 g/mol. The van der Waals surface area contributed by atoms with Gasteiger partial charge in [0.1, 0.15) is 17.2 Å². The molecule has 10 heteroatoms. The summed E-state index contributed by atoms with van der Waals surface area (Å²) in [6.45, 7) is 5.77. The number of thioether (sulfide) groups is 1. The van der Waals surface area contributed by atoms with E-state index in [4.69, 9.17) is 14.6 Å². The summed E-state index contributed by atoms with van der Waals surface area (Å²) in [5.41, 5.74) is 1.84. The second-order valence-corrected chi connectivity index (χ2v) is 14.7. The summed E-state index contributed by atoms with van der Waals surface area (Å²) in [7, 11) is 0. The molecule has 45 heavy (non-hydrogen) atoms. The normalized spacial score (nSPS) is 34.0. The number of esters is 1. The number of carbonyl (C=O) groups is 2. The lowest BCUT2D eigenvalue weighted by Gasteiger charge is -2.60. The van der Waals surface area contributed by atoms with Crippen molar-refractivity contribution in [2.24, 2.45) is 28.6 Å². The van der Waals surface area contributed by atoms with Gasteiger partial charge in [0.25, 0.3) is 0 Å². The van der Waals surface area contributed by atoms with Crippen molar-refractivity contribution in [3.05, 3.63) is 76.7 Å². The molecule has 1 aromatic heterocycles. The van der Waals surface area contributed by atoms with Crippen LogP contribution in [0.5, 0.6) is 0 Å². The molecule has 0 saturated heterocycles. The van der Waals surface area contributed by atoms with Gasteiger partial charge in [-0.1, -0.05) is 31.2 Å². The summed E-state index contributed by atoms with van der Waals surface area (Å²) < 4.78 is 25.2. The minimum Gasteiger partial charge on any atom is -0.457 e. The topological polar surface area (TPSA) is 137 Å². The number of aliphatic hydroxyl groups is 2. The smallest absolute Gasteiger partial charge is 0.375 e. The first-order valence-corrected chi connectivity index (χ1v) is 16.7. The van der Waals surface area contributed by atoms with Crippen LogP contribution < -0.4 is 5.32 Å². The highest BCUT2D eigenvalue weighted by Crippen LogP contribution is 2.69. The van der Waals surface area contributed by atoms with E-state index in [0.29, 0.717) is 24.8 Å². The van der Waals surface area contributed by atoms with Crippen molar-refractivity contribution in [1.82, 2.24) is 0 Å². The fourth-order valence-electron chi connectivity index (χ4n) is 9.30. The molecular weight excluding hydrogens is 595 g/mol. The molecule has 0 bridgehead atoms. The minimum atomic E-state index is -1.47. The van der Waals surface area contributed by atoms with Crippen molar-refractivity contribution in [3.8, 4) is 0 Å². The van der Waals surface area contributed by atoms with E-state index >= 15 is 0 Å². The number of carbonyl (C=O) groups excluding carboxylic acids is 2. The molecule has 0 amide bonds. The number of allylic oxidation sites excluding steroid dienone is 3. The van der Waals surface area contributed by atoms with E-state index in [1.807, 2.05) is 12.2 Å². The maximum absolute atomic E-state index is 14.0. The van der Waals surface area contributed by atoms with Crippen LogP contribution in [-0.2, 0) is 9.53 Å². The number of benzene rings is 1. The average molecular weight is 638 g/mol. The number of hydrogen-bond acceptors (Lipinski definition) is 8. The van der Waals surface area contributed by atoms with E-state index in [2.05, 4.69) is 13.0 Å². The molecular formula is C35H42FN2O6S+. The number of aliphatic hydroxyl groups excluding tert-OH is 2. The first kappa shape index (κ1) is 31.9. The third-order valence-electron chi connectivity index (χ3n) is 11.4. The van der Waals surface area contributed by atoms with Gasteiger partial charge in [-0.2, -0.15) is 0 Å². The highest BCUT2D eigenvalue weighted by molar-refractivity contribution is 8.13. The van der Waals surface area contributed by atoms with E-state index < -0.39 is 23.1 Å². The number of halogens is 1. The van der Waals surface area contributed by atoms with Gasteiger partial charge in [0, 0.05) is 40.7 Å². The van der Waals surface area contributed by atoms with Crippen LogP contribution in [0.1, 0.15) is 68.5 Å². The Hall–Kier alpha value is -3.05. The molecule has 3 saturated carbocycles. The fourth-order valence-corrected chi connectivity index (χ4v) is 10.2. The summed E-state index contributed by atoms with van der Waals surface area (Å²) in [5, 5.41) is 31.6. The number of furan rings is 1. The molecule has 0 radical (unpaired) electrons. The molecule has 1 aromatic carbocycles. The van der Waals surface area contributed by atoms with E-state index in [-0.39, 0.29) is 58.6 Å². The van der Waals surface area contributed by atoms with Gasteiger partial charge in [0.15, 0.2) is 5.60 Å². The highest BCUT2D eigenvalue weighted by atomic mass is 32.2. The van der Waals surface area contributed by atoms with Gasteiger partial charge in [-0.15, -0.1) is 0 Å². The Morgan fingerprint density at radius 3 is 2.64 bits per heavy atom. The quantitative estimate of drug-likeness (QED) is 0.177. The number of rotatable bonds is 8. The van der Waals surface area contributed by atoms with Gasteiger partial charge >= 0.3 is 5.97 Å². The Morgan fingerprint density at radius 2 is 1.98 bits per heavy atom. The predicted molar refractivity (Wildman–Crippen MR) is 168 cm³/mol. The summed E-state index contributed by atoms with van der Waals surface area (Å²) in [6, 6.07) is 7.99. The lowest BCUT2D eigenvalue weighted by molar-refractivity contribution is -0.513. The molecule has 0 aliphatic heterocycles. The van der Waals surface area contributed by atoms with Crippen molar-refractivity contribution in [1.29, 1.82) is 5.41 Å². The molecule has 0 spiro atoms. The molecule has 2 aromatic rings. The molecule has 6 rings (SSSR count). The Bertz CT molecular complexity index is 1570. The summed E-state index contributed by atoms with van der Waals surface area (Å²) in [4.78, 5) is 27.5. The molecule has 4 aliphatic carbocycles. The van der Waals surface area contributed by atoms with Crippen LogP contribution >= 0.6 is 11.8 Å². The lowest BCUT2D eigenvalue weighted by atomic mass is 9.45. The predicted octanol–water partition coefficient (Wildman–Crippen LogP) is 5.22. The first-order chi connectivity index (χ1) is 21.5. The number of nitrogens with one attached hydrogen (secondary N) is 1. The molecule has 240 valence electrons. The SMILES string of the molecule is Cc1ccoc1C(=O)O[C@]1(C(=O)SCCO)CCC2[C@@H]3CCC4=CC([NH2+]c5ccc(F)cc5)=C(C=N)C[C@]4(C)C3[C@@H](O)C[C@@]21C. The van der Waals surface area contributed by atoms with Crippen molar-refractivity contribution >= 4 is 34.7 Å².